The van der Waals surface area contributed by atoms with E-state index in [0.29, 0.717) is 13.2 Å². The zero-order chi connectivity index (χ0) is 11.8. The third-order valence-corrected chi connectivity index (χ3v) is 2.03. The first kappa shape index (κ1) is 12.5. The number of methoxy groups -OCH3 is 1. The molecule has 0 fully saturated rings. The van der Waals surface area contributed by atoms with E-state index in [9.17, 15) is 0 Å². The van der Waals surface area contributed by atoms with E-state index in [1.807, 2.05) is 31.2 Å². The molecule has 0 aromatic heterocycles. The van der Waals surface area contributed by atoms with Crippen LogP contribution in [0.1, 0.15) is 11.1 Å². The lowest BCUT2D eigenvalue weighted by atomic mass is 10.1. The number of oxime groups is 1. The van der Waals surface area contributed by atoms with Gasteiger partial charge >= 0.3 is 0 Å². The highest BCUT2D eigenvalue weighted by Crippen LogP contribution is 2.05. The highest BCUT2D eigenvalue weighted by atomic mass is 16.6. The van der Waals surface area contributed by atoms with Gasteiger partial charge in [-0.3, -0.25) is 0 Å². The van der Waals surface area contributed by atoms with Crippen molar-refractivity contribution in [2.24, 2.45) is 5.16 Å². The maximum absolute atomic E-state index is 5.08. The van der Waals surface area contributed by atoms with Gasteiger partial charge in [0.1, 0.15) is 12.3 Å². The van der Waals surface area contributed by atoms with Gasteiger partial charge in [0, 0.05) is 12.7 Å². The van der Waals surface area contributed by atoms with Crippen LogP contribution in [0.5, 0.6) is 0 Å². The van der Waals surface area contributed by atoms with E-state index in [-0.39, 0.29) is 0 Å². The fraction of sp³-hybridized carbons (Fsp3) is 0.308. The van der Waals surface area contributed by atoms with Crippen molar-refractivity contribution in [3.05, 3.63) is 48.0 Å². The quantitative estimate of drug-likeness (QED) is 0.318. The van der Waals surface area contributed by atoms with Crippen molar-refractivity contribution in [3.63, 3.8) is 0 Å². The average Bonchev–Trinajstić information content (AvgIpc) is 2.29. The molecule has 3 nitrogen and oxygen atoms in total. The van der Waals surface area contributed by atoms with Crippen LogP contribution < -0.4 is 0 Å². The summed E-state index contributed by atoms with van der Waals surface area (Å²) >= 11 is 0. The minimum absolute atomic E-state index is 0.402. The average molecular weight is 219 g/mol. The van der Waals surface area contributed by atoms with E-state index in [4.69, 9.17) is 9.57 Å². The summed E-state index contributed by atoms with van der Waals surface area (Å²) in [5, 5.41) is 4.02. The van der Waals surface area contributed by atoms with Gasteiger partial charge in [-0.2, -0.15) is 0 Å². The minimum Gasteiger partial charge on any atom is -0.391 e. The van der Waals surface area contributed by atoms with Crippen LogP contribution in [0.2, 0.25) is 0 Å². The molecule has 86 valence electrons. The van der Waals surface area contributed by atoms with Crippen LogP contribution in [-0.2, 0) is 9.57 Å². The number of aryl methyl sites for hydroxylation is 1. The van der Waals surface area contributed by atoms with Crippen molar-refractivity contribution in [2.75, 3.05) is 20.3 Å². The standard InChI is InChI=1S/C13H17NO2/c1-4-9-16-14-13(10-15-3)12-7-5-11(2)6-8-12/h4-8H,1,9-10H2,2-3H3/b14-13+. The van der Waals surface area contributed by atoms with E-state index in [1.54, 1.807) is 13.2 Å². The molecule has 0 radical (unpaired) electrons. The molecule has 1 rings (SSSR count). The molecular weight excluding hydrogens is 202 g/mol. The van der Waals surface area contributed by atoms with Gasteiger partial charge in [-0.15, -0.1) is 0 Å². The molecule has 0 atom stereocenters. The van der Waals surface area contributed by atoms with Crippen LogP contribution in [-0.4, -0.2) is 26.0 Å². The molecule has 3 heteroatoms. The molecule has 0 amide bonds. The summed E-state index contributed by atoms with van der Waals surface area (Å²) in [7, 11) is 1.64. The fourth-order valence-corrected chi connectivity index (χ4v) is 1.21. The van der Waals surface area contributed by atoms with Crippen molar-refractivity contribution in [1.82, 2.24) is 0 Å². The monoisotopic (exact) mass is 219 g/mol. The third kappa shape index (κ3) is 3.87. The summed E-state index contributed by atoms with van der Waals surface area (Å²) in [6, 6.07) is 8.08. The van der Waals surface area contributed by atoms with E-state index in [2.05, 4.69) is 11.7 Å². The van der Waals surface area contributed by atoms with Crippen LogP contribution in [0.15, 0.2) is 42.1 Å². The Bertz CT molecular complexity index is 355. The van der Waals surface area contributed by atoms with Crippen LogP contribution in [0.3, 0.4) is 0 Å². The van der Waals surface area contributed by atoms with Gasteiger partial charge in [0.25, 0.3) is 0 Å². The normalized spacial score (nSPS) is 11.2. The third-order valence-electron chi connectivity index (χ3n) is 2.03. The number of hydrogen-bond acceptors (Lipinski definition) is 3. The van der Waals surface area contributed by atoms with Gasteiger partial charge in [0.15, 0.2) is 0 Å². The predicted octanol–water partition coefficient (Wildman–Crippen LogP) is 2.55. The van der Waals surface area contributed by atoms with Gasteiger partial charge in [-0.1, -0.05) is 47.6 Å². The number of benzene rings is 1. The van der Waals surface area contributed by atoms with Crippen molar-refractivity contribution in [3.8, 4) is 0 Å². The molecule has 0 saturated heterocycles. The molecule has 0 unspecified atom stereocenters. The Morgan fingerprint density at radius 2 is 2.06 bits per heavy atom. The number of ether oxygens (including phenoxy) is 1. The highest BCUT2D eigenvalue weighted by molar-refractivity contribution is 6.01. The van der Waals surface area contributed by atoms with Crippen LogP contribution in [0.4, 0.5) is 0 Å². The lowest BCUT2D eigenvalue weighted by Crippen LogP contribution is -2.09. The van der Waals surface area contributed by atoms with E-state index in [1.165, 1.54) is 5.56 Å². The lowest BCUT2D eigenvalue weighted by Gasteiger charge is -2.05. The van der Waals surface area contributed by atoms with Crippen LogP contribution in [0, 0.1) is 6.92 Å². The number of nitrogens with zero attached hydrogens (tertiary/aromatic N) is 1. The molecule has 1 aromatic carbocycles. The van der Waals surface area contributed by atoms with Gasteiger partial charge < -0.3 is 9.57 Å². The first-order valence-electron chi connectivity index (χ1n) is 5.13. The Morgan fingerprint density at radius 1 is 1.38 bits per heavy atom. The van der Waals surface area contributed by atoms with Crippen LogP contribution >= 0.6 is 0 Å². The van der Waals surface area contributed by atoms with Crippen molar-refractivity contribution < 1.29 is 9.57 Å². The molecule has 1 aromatic rings. The molecule has 0 spiro atoms. The van der Waals surface area contributed by atoms with Crippen molar-refractivity contribution in [1.29, 1.82) is 0 Å². The molecule has 0 heterocycles. The number of rotatable bonds is 6. The zero-order valence-corrected chi connectivity index (χ0v) is 9.77. The van der Waals surface area contributed by atoms with E-state index >= 15 is 0 Å². The summed E-state index contributed by atoms with van der Waals surface area (Å²) in [5.74, 6) is 0. The Kier molecular flexibility index (Phi) is 5.29. The second-order valence-electron chi connectivity index (χ2n) is 3.42. The Morgan fingerprint density at radius 3 is 2.62 bits per heavy atom. The topological polar surface area (TPSA) is 30.8 Å². The molecule has 0 N–H and O–H groups in total. The summed E-state index contributed by atoms with van der Waals surface area (Å²) in [4.78, 5) is 5.07. The summed E-state index contributed by atoms with van der Waals surface area (Å²) in [6.07, 6.45) is 1.66. The first-order chi connectivity index (χ1) is 7.77. The Labute approximate surface area is 96.4 Å². The molecule has 0 aliphatic rings. The second kappa shape index (κ2) is 6.80. The summed E-state index contributed by atoms with van der Waals surface area (Å²) < 4.78 is 5.08. The van der Waals surface area contributed by atoms with E-state index in [0.717, 1.165) is 11.3 Å². The number of hydrogen-bond donors (Lipinski definition) is 0. The van der Waals surface area contributed by atoms with Gasteiger partial charge in [-0.25, -0.2) is 0 Å². The van der Waals surface area contributed by atoms with Crippen LogP contribution in [0.25, 0.3) is 0 Å². The first-order valence-corrected chi connectivity index (χ1v) is 5.13. The van der Waals surface area contributed by atoms with Crippen molar-refractivity contribution in [2.45, 2.75) is 6.92 Å². The minimum atomic E-state index is 0.402. The lowest BCUT2D eigenvalue weighted by molar-refractivity contribution is 0.168. The Balaban J connectivity index is 2.79. The molecule has 0 aliphatic heterocycles. The molecule has 0 aliphatic carbocycles. The molecule has 0 bridgehead atoms. The maximum atomic E-state index is 5.08. The van der Waals surface area contributed by atoms with Gasteiger partial charge in [0.2, 0.25) is 0 Å². The SMILES string of the molecule is C=CCO/N=C(\COC)c1ccc(C)cc1. The molecule has 16 heavy (non-hydrogen) atoms. The van der Waals surface area contributed by atoms with Gasteiger partial charge in [0.05, 0.1) is 6.61 Å². The summed E-state index contributed by atoms with van der Waals surface area (Å²) in [6.45, 7) is 6.44. The zero-order valence-electron chi connectivity index (χ0n) is 9.77. The largest absolute Gasteiger partial charge is 0.391 e. The van der Waals surface area contributed by atoms with Gasteiger partial charge in [-0.05, 0) is 6.92 Å². The highest BCUT2D eigenvalue weighted by Gasteiger charge is 2.03. The smallest absolute Gasteiger partial charge is 0.135 e. The molecule has 0 saturated carbocycles. The van der Waals surface area contributed by atoms with Crippen molar-refractivity contribution >= 4 is 5.71 Å². The Hall–Kier alpha value is -1.61. The fourth-order valence-electron chi connectivity index (χ4n) is 1.21. The molecular formula is C13H17NO2. The maximum Gasteiger partial charge on any atom is 0.135 e. The van der Waals surface area contributed by atoms with E-state index < -0.39 is 0 Å². The summed E-state index contributed by atoms with van der Waals surface area (Å²) in [5.41, 5.74) is 3.01. The predicted molar refractivity (Wildman–Crippen MR) is 65.7 cm³/mol. The second-order valence-corrected chi connectivity index (χ2v) is 3.42.